The highest BCUT2D eigenvalue weighted by Gasteiger charge is 2.30. The van der Waals surface area contributed by atoms with Crippen molar-refractivity contribution in [1.82, 2.24) is 5.32 Å². The Hall–Kier alpha value is -2.00. The van der Waals surface area contributed by atoms with E-state index in [9.17, 15) is 0 Å². The molecule has 0 aliphatic carbocycles. The maximum Gasteiger partial charge on any atom is 0.151 e. The Morgan fingerprint density at radius 3 is 2.00 bits per heavy atom. The molecule has 2 heterocycles. The molecular weight excluding hydrogens is 248 g/mol. The second-order valence-corrected chi connectivity index (χ2v) is 5.39. The summed E-state index contributed by atoms with van der Waals surface area (Å²) in [6, 6.07) is 17.2. The molecule has 1 N–H and O–H groups in total. The smallest absolute Gasteiger partial charge is 0.151 e. The van der Waals surface area contributed by atoms with Gasteiger partial charge in [-0.2, -0.15) is 0 Å². The van der Waals surface area contributed by atoms with Crippen molar-refractivity contribution in [2.24, 2.45) is 0 Å². The number of fused-ring (bicyclic) bond motifs is 2. The number of nitrogens with zero attached hydrogens (tertiary/aromatic N) is 1. The molecule has 2 aliphatic rings. The van der Waals surface area contributed by atoms with Crippen molar-refractivity contribution in [3.63, 3.8) is 0 Å². The standard InChI is InChI=1S/C17H18N2O/c1-3-7-16-14(5-1)19(13-9-11-18-12-10-13)15-6-2-4-8-17(15)20-16/h1-8,13,18H,9-12H2. The van der Waals surface area contributed by atoms with Crippen LogP contribution < -0.4 is 15.0 Å². The fourth-order valence-electron chi connectivity index (χ4n) is 3.19. The van der Waals surface area contributed by atoms with Gasteiger partial charge in [0.25, 0.3) is 0 Å². The van der Waals surface area contributed by atoms with E-state index in [1.807, 2.05) is 12.1 Å². The number of para-hydroxylation sites is 4. The molecule has 0 spiro atoms. The Morgan fingerprint density at radius 1 is 0.850 bits per heavy atom. The van der Waals surface area contributed by atoms with E-state index in [0.717, 1.165) is 24.6 Å². The van der Waals surface area contributed by atoms with Crippen molar-refractivity contribution in [2.45, 2.75) is 18.9 Å². The van der Waals surface area contributed by atoms with Gasteiger partial charge in [0.15, 0.2) is 11.5 Å². The lowest BCUT2D eigenvalue weighted by Gasteiger charge is -2.40. The van der Waals surface area contributed by atoms with Gasteiger partial charge >= 0.3 is 0 Å². The quantitative estimate of drug-likeness (QED) is 0.852. The monoisotopic (exact) mass is 266 g/mol. The van der Waals surface area contributed by atoms with Crippen LogP contribution >= 0.6 is 0 Å². The summed E-state index contributed by atoms with van der Waals surface area (Å²) >= 11 is 0. The van der Waals surface area contributed by atoms with Crippen LogP contribution in [0, 0.1) is 0 Å². The van der Waals surface area contributed by atoms with Crippen LogP contribution in [0.3, 0.4) is 0 Å². The number of piperidine rings is 1. The summed E-state index contributed by atoms with van der Waals surface area (Å²) < 4.78 is 6.04. The summed E-state index contributed by atoms with van der Waals surface area (Å²) in [5, 5.41) is 3.44. The van der Waals surface area contributed by atoms with E-state index in [0.29, 0.717) is 6.04 Å². The van der Waals surface area contributed by atoms with Gasteiger partial charge < -0.3 is 15.0 Å². The molecule has 0 unspecified atom stereocenters. The van der Waals surface area contributed by atoms with Crippen LogP contribution in [0.15, 0.2) is 48.5 Å². The van der Waals surface area contributed by atoms with Gasteiger partial charge in [0.2, 0.25) is 0 Å². The van der Waals surface area contributed by atoms with Crippen molar-refractivity contribution in [3.05, 3.63) is 48.5 Å². The molecule has 0 amide bonds. The first-order valence-electron chi connectivity index (χ1n) is 7.29. The van der Waals surface area contributed by atoms with E-state index in [1.165, 1.54) is 24.2 Å². The van der Waals surface area contributed by atoms with E-state index in [2.05, 4.69) is 46.6 Å². The van der Waals surface area contributed by atoms with Gasteiger partial charge in [-0.05, 0) is 50.2 Å². The van der Waals surface area contributed by atoms with E-state index < -0.39 is 0 Å². The molecule has 4 rings (SSSR count). The summed E-state index contributed by atoms with van der Waals surface area (Å²) in [6.07, 6.45) is 2.34. The zero-order valence-electron chi connectivity index (χ0n) is 11.4. The molecule has 2 aromatic rings. The molecule has 2 aliphatic heterocycles. The minimum absolute atomic E-state index is 0.544. The van der Waals surface area contributed by atoms with Crippen molar-refractivity contribution < 1.29 is 4.74 Å². The summed E-state index contributed by atoms with van der Waals surface area (Å²) in [4.78, 5) is 2.47. The molecular formula is C17H18N2O. The Morgan fingerprint density at radius 2 is 1.40 bits per heavy atom. The number of benzene rings is 2. The topological polar surface area (TPSA) is 24.5 Å². The van der Waals surface area contributed by atoms with Crippen LogP contribution in [0.1, 0.15) is 12.8 Å². The van der Waals surface area contributed by atoms with Crippen molar-refractivity contribution in [3.8, 4) is 11.5 Å². The van der Waals surface area contributed by atoms with Gasteiger partial charge in [-0.3, -0.25) is 0 Å². The molecule has 0 aromatic heterocycles. The predicted octanol–water partition coefficient (Wildman–Crippen LogP) is 3.68. The van der Waals surface area contributed by atoms with Gasteiger partial charge in [-0.15, -0.1) is 0 Å². The summed E-state index contributed by atoms with van der Waals surface area (Å²) in [6.45, 7) is 2.18. The van der Waals surface area contributed by atoms with Gasteiger partial charge in [-0.25, -0.2) is 0 Å². The Balaban J connectivity index is 1.83. The number of hydrogen-bond acceptors (Lipinski definition) is 3. The van der Waals surface area contributed by atoms with E-state index >= 15 is 0 Å². The summed E-state index contributed by atoms with van der Waals surface area (Å²) in [5.74, 6) is 1.93. The molecule has 102 valence electrons. The highest BCUT2D eigenvalue weighted by Crippen LogP contribution is 2.48. The van der Waals surface area contributed by atoms with Gasteiger partial charge in [-0.1, -0.05) is 24.3 Å². The fraction of sp³-hybridized carbons (Fsp3) is 0.294. The van der Waals surface area contributed by atoms with Crippen molar-refractivity contribution >= 4 is 11.4 Å². The molecule has 1 saturated heterocycles. The van der Waals surface area contributed by atoms with Gasteiger partial charge in [0.05, 0.1) is 11.4 Å². The lowest BCUT2D eigenvalue weighted by atomic mass is 10.0. The van der Waals surface area contributed by atoms with E-state index in [-0.39, 0.29) is 0 Å². The number of anilines is 2. The summed E-state index contributed by atoms with van der Waals surface area (Å²) in [7, 11) is 0. The van der Waals surface area contributed by atoms with E-state index in [1.54, 1.807) is 0 Å². The predicted molar refractivity (Wildman–Crippen MR) is 81.0 cm³/mol. The van der Waals surface area contributed by atoms with Crippen LogP contribution in [-0.4, -0.2) is 19.1 Å². The van der Waals surface area contributed by atoms with Crippen LogP contribution in [0.2, 0.25) is 0 Å². The minimum atomic E-state index is 0.544. The molecule has 0 saturated carbocycles. The largest absolute Gasteiger partial charge is 0.453 e. The SMILES string of the molecule is c1ccc2c(c1)Oc1ccccc1N2C1CCNCC1. The average molecular weight is 266 g/mol. The highest BCUT2D eigenvalue weighted by molar-refractivity contribution is 5.78. The van der Waals surface area contributed by atoms with Crippen LogP contribution in [0.25, 0.3) is 0 Å². The highest BCUT2D eigenvalue weighted by atomic mass is 16.5. The third-order valence-corrected chi connectivity index (χ3v) is 4.14. The number of nitrogens with one attached hydrogen (secondary N) is 1. The van der Waals surface area contributed by atoms with Crippen molar-refractivity contribution in [1.29, 1.82) is 0 Å². The van der Waals surface area contributed by atoms with Crippen molar-refractivity contribution in [2.75, 3.05) is 18.0 Å². The molecule has 1 fully saturated rings. The maximum absolute atomic E-state index is 6.04. The molecule has 2 aromatic carbocycles. The maximum atomic E-state index is 6.04. The van der Waals surface area contributed by atoms with Gasteiger partial charge in [0, 0.05) is 6.04 Å². The molecule has 20 heavy (non-hydrogen) atoms. The first kappa shape index (κ1) is 11.8. The Bertz CT molecular complexity index is 574. The molecule has 3 heteroatoms. The summed E-state index contributed by atoms with van der Waals surface area (Å²) in [5.41, 5.74) is 2.39. The second-order valence-electron chi connectivity index (χ2n) is 5.39. The zero-order valence-corrected chi connectivity index (χ0v) is 11.4. The first-order chi connectivity index (χ1) is 9.93. The Kier molecular flexibility index (Phi) is 2.85. The number of ether oxygens (including phenoxy) is 1. The van der Waals surface area contributed by atoms with E-state index in [4.69, 9.17) is 4.74 Å². The Labute approximate surface area is 119 Å². The van der Waals surface area contributed by atoms with Crippen LogP contribution in [0.4, 0.5) is 11.4 Å². The molecule has 0 bridgehead atoms. The average Bonchev–Trinajstić information content (AvgIpc) is 2.53. The fourth-order valence-corrected chi connectivity index (χ4v) is 3.19. The zero-order chi connectivity index (χ0) is 13.4. The third-order valence-electron chi connectivity index (χ3n) is 4.14. The lowest BCUT2D eigenvalue weighted by Crippen LogP contribution is -2.41. The molecule has 0 radical (unpaired) electrons. The minimum Gasteiger partial charge on any atom is -0.453 e. The lowest BCUT2D eigenvalue weighted by molar-refractivity contribution is 0.426. The van der Waals surface area contributed by atoms with Crippen LogP contribution in [-0.2, 0) is 0 Å². The number of rotatable bonds is 1. The molecule has 3 nitrogen and oxygen atoms in total. The molecule has 0 atom stereocenters. The second kappa shape index (κ2) is 4.84. The number of hydrogen-bond donors (Lipinski definition) is 1. The van der Waals surface area contributed by atoms with Gasteiger partial charge in [0.1, 0.15) is 0 Å². The first-order valence-corrected chi connectivity index (χ1v) is 7.29. The normalized spacial score (nSPS) is 18.1. The van der Waals surface area contributed by atoms with Crippen LogP contribution in [0.5, 0.6) is 11.5 Å². The third kappa shape index (κ3) is 1.86.